The summed E-state index contributed by atoms with van der Waals surface area (Å²) in [6.45, 7) is 16.7. The molecule has 5 N–H and O–H groups in total. The topological polar surface area (TPSA) is 211 Å². The molecule has 0 spiro atoms. The number of benzene rings is 2. The van der Waals surface area contributed by atoms with E-state index in [0.29, 0.717) is 49.4 Å². The predicted molar refractivity (Wildman–Crippen MR) is 246 cm³/mol. The number of aryl methyl sites for hydroxylation is 2. The van der Waals surface area contributed by atoms with Gasteiger partial charge in [0, 0.05) is 40.9 Å². The van der Waals surface area contributed by atoms with Crippen LogP contribution in [0.2, 0.25) is 0 Å². The van der Waals surface area contributed by atoms with Crippen LogP contribution in [0.5, 0.6) is 0 Å². The third-order valence-corrected chi connectivity index (χ3v) is 8.77. The van der Waals surface area contributed by atoms with Crippen molar-refractivity contribution < 1.29 is 67.3 Å². The van der Waals surface area contributed by atoms with Gasteiger partial charge in [0.05, 0.1) is 62.2 Å². The van der Waals surface area contributed by atoms with Crippen molar-refractivity contribution in [3.8, 4) is 0 Å². The number of rotatable bonds is 26. The summed E-state index contributed by atoms with van der Waals surface area (Å²) in [6.07, 6.45) is 9.74. The summed E-state index contributed by atoms with van der Waals surface area (Å²) in [6, 6.07) is 14.4. The third-order valence-electron chi connectivity index (χ3n) is 7.72. The lowest BCUT2D eigenvalue weighted by atomic mass is 10.1. The van der Waals surface area contributed by atoms with Crippen LogP contribution in [0.1, 0.15) is 120 Å². The standard InChI is InChI=1S/C11H17NO4S.C11H14O3.C8H16O3.C6H14O2.C6H14O.C4H10O/c1-9-3-5-11(6-4-9)17(15)16-12(2)7-10(14)8-13;1-9-3-5-10(6-4-9)11(12)14-8-7-13-2;1-2-3-4-5-8(10)11-7-6-9;1-3-6(2)8-5-4-7;1-2-3-4-5-6-7;1-3-4-5-2/h3-6,10,13-14H,7-8H2,1-2H3;3-6H,7-8H2,1-2H3;9H,2-7H2,1H3;6-7H,3-5H2,1-2H3;7H,2-6H2,1H3;3-4H2,1-2H3. The zero-order valence-corrected chi connectivity index (χ0v) is 40.5. The van der Waals surface area contributed by atoms with Crippen LogP contribution in [0.25, 0.3) is 0 Å². The van der Waals surface area contributed by atoms with Gasteiger partial charge in [-0.15, -0.1) is 0 Å². The van der Waals surface area contributed by atoms with Crippen molar-refractivity contribution in [1.29, 1.82) is 0 Å². The van der Waals surface area contributed by atoms with Gasteiger partial charge in [-0.05, 0) is 70.7 Å². The molecule has 0 aliphatic rings. The fourth-order valence-corrected chi connectivity index (χ4v) is 4.79. The van der Waals surface area contributed by atoms with E-state index in [9.17, 15) is 18.9 Å². The molecule has 0 aliphatic carbocycles. The average Bonchev–Trinajstić information content (AvgIpc) is 3.27. The molecule has 3 atom stereocenters. The SMILES string of the molecule is CCC(C)OCCO.CCCCCC(=O)OCCO.CCCCCCO.CCCOC.COCCOC(=O)c1ccc(C)cc1.Cc1ccc(S(=O)ON(C)CC(O)CO)cc1. The number of esters is 2. The molecule has 0 radical (unpaired) electrons. The number of aliphatic hydroxyl groups excluding tert-OH is 5. The number of ether oxygens (including phenoxy) is 5. The van der Waals surface area contributed by atoms with Gasteiger partial charge in [-0.25, -0.2) is 9.00 Å². The van der Waals surface area contributed by atoms with Gasteiger partial charge in [-0.2, -0.15) is 9.35 Å². The molecule has 364 valence electrons. The van der Waals surface area contributed by atoms with Gasteiger partial charge in [0.1, 0.15) is 13.2 Å². The Balaban J connectivity index is -0.000000341. The first-order valence-electron chi connectivity index (χ1n) is 21.7. The molecule has 16 heteroatoms. The molecule has 0 amide bonds. The van der Waals surface area contributed by atoms with E-state index in [0.717, 1.165) is 56.3 Å². The van der Waals surface area contributed by atoms with Gasteiger partial charge in [0.15, 0.2) is 0 Å². The summed E-state index contributed by atoms with van der Waals surface area (Å²) < 4.78 is 41.0. The van der Waals surface area contributed by atoms with E-state index in [-0.39, 0.29) is 44.9 Å². The summed E-state index contributed by atoms with van der Waals surface area (Å²) in [4.78, 5) is 22.7. The first-order valence-corrected chi connectivity index (χ1v) is 22.8. The molecule has 3 unspecified atom stereocenters. The Morgan fingerprint density at radius 3 is 1.68 bits per heavy atom. The van der Waals surface area contributed by atoms with Crippen molar-refractivity contribution in [2.45, 2.75) is 130 Å². The largest absolute Gasteiger partial charge is 0.463 e. The van der Waals surface area contributed by atoms with Crippen LogP contribution in [0.3, 0.4) is 0 Å². The molecular formula is C46H85NO14S. The second-order valence-corrected chi connectivity index (χ2v) is 14.8. The Bertz CT molecular complexity index is 1250. The van der Waals surface area contributed by atoms with E-state index in [1.165, 1.54) is 24.3 Å². The van der Waals surface area contributed by atoms with Crippen molar-refractivity contribution in [2.75, 3.05) is 87.3 Å². The Morgan fingerprint density at radius 1 is 0.677 bits per heavy atom. The second-order valence-electron chi connectivity index (χ2n) is 13.8. The number of likely N-dealkylation sites (N-methyl/N-ethyl adjacent to an activating group) is 1. The molecule has 0 aromatic heterocycles. The number of unbranched alkanes of at least 4 members (excludes halogenated alkanes) is 5. The Kier molecular flexibility index (Phi) is 53.8. The summed E-state index contributed by atoms with van der Waals surface area (Å²) in [7, 11) is 4.83. The maximum atomic E-state index is 11.7. The van der Waals surface area contributed by atoms with E-state index in [1.807, 2.05) is 45.0 Å². The molecule has 0 fully saturated rings. The minimum absolute atomic E-state index is 0.0838. The number of hydrogen-bond donors (Lipinski definition) is 5. The van der Waals surface area contributed by atoms with Crippen LogP contribution in [0.4, 0.5) is 0 Å². The van der Waals surface area contributed by atoms with Crippen molar-refractivity contribution in [3.05, 3.63) is 65.2 Å². The highest BCUT2D eigenvalue weighted by molar-refractivity contribution is 7.80. The molecule has 0 bridgehead atoms. The zero-order valence-electron chi connectivity index (χ0n) is 39.7. The maximum Gasteiger partial charge on any atom is 0.338 e. The lowest BCUT2D eigenvalue weighted by molar-refractivity contribution is -0.144. The van der Waals surface area contributed by atoms with Crippen LogP contribution in [-0.4, -0.2) is 146 Å². The molecular weight excluding hydrogens is 823 g/mol. The number of hydrogen-bond acceptors (Lipinski definition) is 15. The molecule has 0 aliphatic heterocycles. The average molecular weight is 908 g/mol. The van der Waals surface area contributed by atoms with Gasteiger partial charge in [0.25, 0.3) is 0 Å². The van der Waals surface area contributed by atoms with Crippen molar-refractivity contribution in [2.24, 2.45) is 0 Å². The van der Waals surface area contributed by atoms with Crippen LogP contribution in [0.15, 0.2) is 53.4 Å². The van der Waals surface area contributed by atoms with E-state index in [2.05, 4.69) is 32.4 Å². The van der Waals surface area contributed by atoms with Crippen molar-refractivity contribution in [3.63, 3.8) is 0 Å². The molecule has 2 rings (SSSR count). The highest BCUT2D eigenvalue weighted by atomic mass is 32.2. The van der Waals surface area contributed by atoms with Gasteiger partial charge < -0.3 is 49.2 Å². The predicted octanol–water partition coefficient (Wildman–Crippen LogP) is 6.53. The minimum atomic E-state index is -1.61. The van der Waals surface area contributed by atoms with E-state index < -0.39 is 17.2 Å². The number of carbonyl (C=O) groups excluding carboxylic acids is 2. The monoisotopic (exact) mass is 908 g/mol. The van der Waals surface area contributed by atoms with Gasteiger partial charge >= 0.3 is 11.9 Å². The number of hydroxylamine groups is 2. The lowest BCUT2D eigenvalue weighted by Gasteiger charge is -2.17. The van der Waals surface area contributed by atoms with Crippen molar-refractivity contribution in [1.82, 2.24) is 5.06 Å². The van der Waals surface area contributed by atoms with Crippen LogP contribution in [0, 0.1) is 13.8 Å². The molecule has 62 heavy (non-hydrogen) atoms. The summed E-state index contributed by atoms with van der Waals surface area (Å²) >= 11 is -1.61. The van der Waals surface area contributed by atoms with E-state index >= 15 is 0 Å². The Hall–Kier alpha value is -2.87. The lowest BCUT2D eigenvalue weighted by Crippen LogP contribution is -2.32. The Labute approximate surface area is 376 Å². The summed E-state index contributed by atoms with van der Waals surface area (Å²) in [5.74, 6) is -0.505. The van der Waals surface area contributed by atoms with E-state index in [4.69, 9.17) is 43.7 Å². The van der Waals surface area contributed by atoms with Gasteiger partial charge in [0.2, 0.25) is 11.1 Å². The molecule has 2 aromatic carbocycles. The molecule has 0 heterocycles. The van der Waals surface area contributed by atoms with E-state index in [1.54, 1.807) is 45.5 Å². The number of carbonyl (C=O) groups is 2. The normalized spacial score (nSPS) is 11.5. The molecule has 0 saturated carbocycles. The smallest absolute Gasteiger partial charge is 0.338 e. The number of methoxy groups -OCH3 is 2. The van der Waals surface area contributed by atoms with Gasteiger partial charge in [-0.3, -0.25) is 4.79 Å². The minimum Gasteiger partial charge on any atom is -0.463 e. The quantitative estimate of drug-likeness (QED) is 0.0386. The van der Waals surface area contributed by atoms with Crippen LogP contribution in [-0.2, 0) is 43.8 Å². The second kappa shape index (κ2) is 50.8. The molecule has 15 nitrogen and oxygen atoms in total. The maximum absolute atomic E-state index is 11.7. The zero-order chi connectivity index (χ0) is 47.8. The van der Waals surface area contributed by atoms with Gasteiger partial charge in [-0.1, -0.05) is 95.2 Å². The Morgan fingerprint density at radius 2 is 1.23 bits per heavy atom. The van der Waals surface area contributed by atoms with Crippen LogP contribution >= 0.6 is 0 Å². The van der Waals surface area contributed by atoms with Crippen molar-refractivity contribution >= 4 is 23.0 Å². The highest BCUT2D eigenvalue weighted by Crippen LogP contribution is 2.10. The first-order chi connectivity index (χ1) is 29.7. The number of aliphatic hydroxyl groups is 5. The fourth-order valence-electron chi connectivity index (χ4n) is 4.05. The highest BCUT2D eigenvalue weighted by Gasteiger charge is 2.12. The first kappa shape index (κ1) is 65.7. The summed E-state index contributed by atoms with van der Waals surface area (Å²) in [5.41, 5.74) is 2.78. The number of nitrogens with zero attached hydrogens (tertiary/aromatic N) is 1. The fraction of sp³-hybridized carbons (Fsp3) is 0.696. The van der Waals surface area contributed by atoms with Crippen LogP contribution < -0.4 is 0 Å². The molecule has 2 aromatic rings. The third kappa shape index (κ3) is 48.2. The molecule has 0 saturated heterocycles. The summed E-state index contributed by atoms with van der Waals surface area (Å²) in [5, 5.41) is 44.0.